The Labute approximate surface area is 149 Å². The summed E-state index contributed by atoms with van der Waals surface area (Å²) >= 11 is 0. The molecule has 4 fully saturated rings. The van der Waals surface area contributed by atoms with Crippen LogP contribution in [0.2, 0.25) is 0 Å². The maximum absolute atomic E-state index is 11.6. The number of aliphatic hydroxyl groups is 5. The Balaban J connectivity index is 1.87. The largest absolute Gasteiger partial charge is 0.392 e. The number of hydrogen-bond donors (Lipinski definition) is 5. The van der Waals surface area contributed by atoms with E-state index in [0.29, 0.717) is 12.0 Å². The molecule has 0 aliphatic heterocycles. The van der Waals surface area contributed by atoms with E-state index in [4.69, 9.17) is 0 Å². The molecule has 0 unspecified atom stereocenters. The fourth-order valence-electron chi connectivity index (χ4n) is 7.34. The zero-order valence-corrected chi connectivity index (χ0v) is 15.4. The molecule has 5 nitrogen and oxygen atoms in total. The monoisotopic (exact) mass is 352 g/mol. The summed E-state index contributed by atoms with van der Waals surface area (Å²) in [5.74, 6) is -0.420. The lowest BCUT2D eigenvalue weighted by Crippen LogP contribution is -2.58. The van der Waals surface area contributed by atoms with Gasteiger partial charge < -0.3 is 25.5 Å². The van der Waals surface area contributed by atoms with Crippen LogP contribution in [0.25, 0.3) is 0 Å². The van der Waals surface area contributed by atoms with Gasteiger partial charge in [0.05, 0.1) is 24.4 Å². The normalized spacial score (nSPS) is 60.1. The van der Waals surface area contributed by atoms with Gasteiger partial charge in [-0.1, -0.05) is 27.4 Å². The highest BCUT2D eigenvalue weighted by Gasteiger charge is 2.72. The first-order chi connectivity index (χ1) is 11.5. The van der Waals surface area contributed by atoms with Crippen LogP contribution in [-0.2, 0) is 0 Å². The molecule has 4 saturated carbocycles. The van der Waals surface area contributed by atoms with Crippen LogP contribution in [0, 0.1) is 34.5 Å². The minimum atomic E-state index is -1.43. The second-order valence-electron chi connectivity index (χ2n) is 9.81. The maximum Gasteiger partial charge on any atom is 0.101 e. The Bertz CT molecular complexity index is 603. The van der Waals surface area contributed by atoms with Gasteiger partial charge in [-0.2, -0.15) is 0 Å². The Morgan fingerprint density at radius 3 is 2.28 bits per heavy atom. The van der Waals surface area contributed by atoms with Gasteiger partial charge in [-0.15, -0.1) is 0 Å². The minimum absolute atomic E-state index is 0.0113. The Kier molecular flexibility index (Phi) is 3.64. The predicted molar refractivity (Wildman–Crippen MR) is 92.4 cm³/mol. The molecule has 0 radical (unpaired) electrons. The van der Waals surface area contributed by atoms with Crippen LogP contribution in [0.1, 0.15) is 46.5 Å². The van der Waals surface area contributed by atoms with Crippen LogP contribution >= 0.6 is 0 Å². The van der Waals surface area contributed by atoms with E-state index >= 15 is 0 Å². The van der Waals surface area contributed by atoms with Gasteiger partial charge in [0.15, 0.2) is 0 Å². The summed E-state index contributed by atoms with van der Waals surface area (Å²) in [6, 6.07) is 0. The zero-order chi connectivity index (χ0) is 18.5. The number of fused-ring (bicyclic) bond motifs is 2. The lowest BCUT2D eigenvalue weighted by atomic mass is 9.58. The maximum atomic E-state index is 11.6. The third-order valence-corrected chi connectivity index (χ3v) is 8.98. The van der Waals surface area contributed by atoms with Crippen molar-refractivity contribution in [3.05, 3.63) is 12.2 Å². The van der Waals surface area contributed by atoms with Gasteiger partial charge in [0.1, 0.15) is 5.60 Å². The van der Waals surface area contributed by atoms with E-state index in [1.54, 1.807) is 0 Å². The third-order valence-electron chi connectivity index (χ3n) is 8.98. The van der Waals surface area contributed by atoms with Crippen molar-refractivity contribution >= 4 is 0 Å². The van der Waals surface area contributed by atoms with Crippen molar-refractivity contribution in [2.75, 3.05) is 0 Å². The average molecular weight is 352 g/mol. The molecule has 10 atom stereocenters. The number of rotatable bonds is 0. The van der Waals surface area contributed by atoms with Gasteiger partial charge in [-0.3, -0.25) is 0 Å². The molecule has 25 heavy (non-hydrogen) atoms. The molecule has 0 saturated heterocycles. The molecular weight excluding hydrogens is 320 g/mol. The Hall–Kier alpha value is -0.460. The molecule has 0 amide bonds. The SMILES string of the molecule is C=C1[C@@H]2CC[C@H]3[C@H](C)[C@@H]4C[C@H](O)C(C)(C)[C@@]4(O)[C@H](O)C[C@]3([C@@H]2O)[C@H]1O. The molecule has 0 aromatic heterocycles. The number of hydrogen-bond acceptors (Lipinski definition) is 5. The van der Waals surface area contributed by atoms with E-state index in [0.717, 1.165) is 12.8 Å². The van der Waals surface area contributed by atoms with Gasteiger partial charge >= 0.3 is 0 Å². The second-order valence-corrected chi connectivity index (χ2v) is 9.81. The summed E-state index contributed by atoms with van der Waals surface area (Å²) in [6.45, 7) is 9.70. The van der Waals surface area contributed by atoms with E-state index in [9.17, 15) is 25.5 Å². The Morgan fingerprint density at radius 2 is 1.64 bits per heavy atom. The highest BCUT2D eigenvalue weighted by Crippen LogP contribution is 2.67. The van der Waals surface area contributed by atoms with E-state index in [-0.39, 0.29) is 30.1 Å². The lowest BCUT2D eigenvalue weighted by molar-refractivity contribution is -0.181. The van der Waals surface area contributed by atoms with E-state index < -0.39 is 40.8 Å². The Morgan fingerprint density at radius 1 is 1.00 bits per heavy atom. The topological polar surface area (TPSA) is 101 Å². The van der Waals surface area contributed by atoms with E-state index in [1.807, 2.05) is 13.8 Å². The van der Waals surface area contributed by atoms with Crippen molar-refractivity contribution in [2.24, 2.45) is 34.5 Å². The van der Waals surface area contributed by atoms with Gasteiger partial charge in [0.2, 0.25) is 0 Å². The lowest BCUT2D eigenvalue weighted by Gasteiger charge is -2.48. The van der Waals surface area contributed by atoms with Crippen LogP contribution in [-0.4, -0.2) is 55.5 Å². The van der Waals surface area contributed by atoms with Gasteiger partial charge in [-0.25, -0.2) is 0 Å². The van der Waals surface area contributed by atoms with Gasteiger partial charge in [-0.05, 0) is 49.0 Å². The molecule has 0 aromatic carbocycles. The molecule has 5 heteroatoms. The fourth-order valence-corrected chi connectivity index (χ4v) is 7.34. The predicted octanol–water partition coefficient (Wildman–Crippen LogP) is 0.829. The van der Waals surface area contributed by atoms with Crippen LogP contribution in [0.4, 0.5) is 0 Å². The van der Waals surface area contributed by atoms with Gasteiger partial charge in [0, 0.05) is 16.7 Å². The summed E-state index contributed by atoms with van der Waals surface area (Å²) in [4.78, 5) is 0. The van der Waals surface area contributed by atoms with Crippen LogP contribution in [0.15, 0.2) is 12.2 Å². The zero-order valence-electron chi connectivity index (χ0n) is 15.4. The molecule has 2 bridgehead atoms. The molecule has 5 N–H and O–H groups in total. The van der Waals surface area contributed by atoms with Crippen LogP contribution in [0.5, 0.6) is 0 Å². The molecule has 0 aromatic rings. The summed E-state index contributed by atoms with van der Waals surface area (Å²) in [5.41, 5.74) is -2.45. The number of aliphatic hydroxyl groups excluding tert-OH is 4. The molecule has 0 heterocycles. The molecule has 142 valence electrons. The first-order valence-electron chi connectivity index (χ1n) is 9.64. The second kappa shape index (κ2) is 5.08. The standard InChI is InChI=1S/C20H32O5/c1-9-11-5-6-12-10(2)13-7-14(21)18(3,4)20(13,25)15(22)8-19(12,16(9)23)17(11)24/h10-17,21-25H,1,5-8H2,2-4H3/t10-,11-,12-,13-,14-,15+,16-,17+,19+,20-/m0/s1. The molecule has 1 spiro atoms. The molecule has 4 rings (SSSR count). The van der Waals surface area contributed by atoms with Crippen molar-refractivity contribution in [1.82, 2.24) is 0 Å². The molecule has 4 aliphatic carbocycles. The first-order valence-corrected chi connectivity index (χ1v) is 9.64. The highest BCUT2D eigenvalue weighted by atomic mass is 16.4. The quantitative estimate of drug-likeness (QED) is 0.416. The van der Waals surface area contributed by atoms with Crippen molar-refractivity contribution in [3.8, 4) is 0 Å². The highest BCUT2D eigenvalue weighted by molar-refractivity contribution is 5.31. The summed E-state index contributed by atoms with van der Waals surface area (Å²) in [5, 5.41) is 55.4. The van der Waals surface area contributed by atoms with E-state index in [1.165, 1.54) is 0 Å². The van der Waals surface area contributed by atoms with Crippen molar-refractivity contribution in [2.45, 2.75) is 76.5 Å². The summed E-state index contributed by atoms with van der Waals surface area (Å²) < 4.78 is 0. The average Bonchev–Trinajstić information content (AvgIpc) is 2.75. The van der Waals surface area contributed by atoms with Crippen LogP contribution in [0.3, 0.4) is 0 Å². The van der Waals surface area contributed by atoms with E-state index in [2.05, 4.69) is 13.5 Å². The van der Waals surface area contributed by atoms with Gasteiger partial charge in [0.25, 0.3) is 0 Å². The molecular formula is C20H32O5. The fraction of sp³-hybridized carbons (Fsp3) is 0.900. The third kappa shape index (κ3) is 1.77. The first kappa shape index (κ1) is 17.9. The van der Waals surface area contributed by atoms with Crippen molar-refractivity contribution in [1.29, 1.82) is 0 Å². The minimum Gasteiger partial charge on any atom is -0.392 e. The van der Waals surface area contributed by atoms with Crippen molar-refractivity contribution in [3.63, 3.8) is 0 Å². The van der Waals surface area contributed by atoms with Crippen molar-refractivity contribution < 1.29 is 25.5 Å². The smallest absolute Gasteiger partial charge is 0.101 e. The summed E-state index contributed by atoms with van der Waals surface area (Å²) in [7, 11) is 0. The van der Waals surface area contributed by atoms with Crippen LogP contribution < -0.4 is 0 Å². The molecule has 4 aliphatic rings. The summed E-state index contributed by atoms with van der Waals surface area (Å²) in [6.07, 6.45) is -1.18.